The average molecular weight is 249 g/mol. The molecule has 0 aliphatic carbocycles. The lowest BCUT2D eigenvalue weighted by molar-refractivity contribution is 0.0554. The van der Waals surface area contributed by atoms with Crippen molar-refractivity contribution < 1.29 is 9.90 Å². The standard InChI is InChI=1S/C13H19N3O2/c1-11(17)10-15-5-7-16(8-6-15)13(18)12-3-2-4-14-9-12/h2-4,9,11,17H,5-8,10H2,1H3. The number of hydrogen-bond donors (Lipinski definition) is 1. The molecule has 1 N–H and O–H groups in total. The molecule has 1 aromatic heterocycles. The van der Waals surface area contributed by atoms with Crippen LogP contribution in [0.5, 0.6) is 0 Å². The highest BCUT2D eigenvalue weighted by atomic mass is 16.3. The molecule has 1 atom stereocenters. The van der Waals surface area contributed by atoms with Crippen LogP contribution in [0.1, 0.15) is 17.3 Å². The van der Waals surface area contributed by atoms with Gasteiger partial charge in [0.2, 0.25) is 0 Å². The van der Waals surface area contributed by atoms with Gasteiger partial charge in [0.05, 0.1) is 11.7 Å². The molecular formula is C13H19N3O2. The fourth-order valence-corrected chi connectivity index (χ4v) is 2.18. The van der Waals surface area contributed by atoms with Crippen LogP contribution < -0.4 is 0 Å². The van der Waals surface area contributed by atoms with Crippen molar-refractivity contribution in [2.75, 3.05) is 32.7 Å². The second-order valence-corrected chi connectivity index (χ2v) is 4.68. The molecule has 1 aliphatic heterocycles. The van der Waals surface area contributed by atoms with E-state index in [1.165, 1.54) is 0 Å². The van der Waals surface area contributed by atoms with Crippen molar-refractivity contribution in [1.29, 1.82) is 0 Å². The summed E-state index contributed by atoms with van der Waals surface area (Å²) in [4.78, 5) is 20.1. The number of carbonyl (C=O) groups excluding carboxylic acids is 1. The van der Waals surface area contributed by atoms with Crippen molar-refractivity contribution in [3.8, 4) is 0 Å². The Bertz CT molecular complexity index is 386. The fourth-order valence-electron chi connectivity index (χ4n) is 2.18. The molecule has 1 saturated heterocycles. The molecule has 2 heterocycles. The fraction of sp³-hybridized carbons (Fsp3) is 0.538. The lowest BCUT2D eigenvalue weighted by Crippen LogP contribution is -2.50. The Morgan fingerprint density at radius 2 is 2.17 bits per heavy atom. The molecule has 1 unspecified atom stereocenters. The van der Waals surface area contributed by atoms with Gasteiger partial charge in [0.25, 0.3) is 5.91 Å². The van der Waals surface area contributed by atoms with Crippen LogP contribution in [-0.2, 0) is 0 Å². The predicted octanol–water partition coefficient (Wildman–Crippen LogP) is 0.220. The van der Waals surface area contributed by atoms with E-state index in [-0.39, 0.29) is 12.0 Å². The zero-order chi connectivity index (χ0) is 13.0. The van der Waals surface area contributed by atoms with Gasteiger partial charge in [-0.1, -0.05) is 0 Å². The number of aliphatic hydroxyl groups is 1. The molecule has 5 nitrogen and oxygen atoms in total. The maximum Gasteiger partial charge on any atom is 0.255 e. The largest absolute Gasteiger partial charge is 0.392 e. The molecular weight excluding hydrogens is 230 g/mol. The van der Waals surface area contributed by atoms with Crippen molar-refractivity contribution in [2.45, 2.75) is 13.0 Å². The first-order chi connectivity index (χ1) is 8.66. The zero-order valence-corrected chi connectivity index (χ0v) is 10.6. The number of β-amino-alcohol motifs (C(OH)–C–C–N with tert-alkyl or cyclic N) is 1. The van der Waals surface area contributed by atoms with Crippen molar-refractivity contribution >= 4 is 5.91 Å². The van der Waals surface area contributed by atoms with E-state index >= 15 is 0 Å². The lowest BCUT2D eigenvalue weighted by Gasteiger charge is -2.35. The number of rotatable bonds is 3. The second kappa shape index (κ2) is 5.93. The summed E-state index contributed by atoms with van der Waals surface area (Å²) in [6, 6.07) is 3.56. The van der Waals surface area contributed by atoms with E-state index < -0.39 is 0 Å². The molecule has 0 radical (unpaired) electrons. The molecule has 0 saturated carbocycles. The van der Waals surface area contributed by atoms with Gasteiger partial charge in [-0.3, -0.25) is 14.7 Å². The maximum atomic E-state index is 12.1. The molecule has 2 rings (SSSR count). The number of aliphatic hydroxyl groups excluding tert-OH is 1. The first-order valence-corrected chi connectivity index (χ1v) is 6.26. The summed E-state index contributed by atoms with van der Waals surface area (Å²) in [6.45, 7) is 5.51. The van der Waals surface area contributed by atoms with Crippen LogP contribution in [0, 0.1) is 0 Å². The Kier molecular flexibility index (Phi) is 4.28. The van der Waals surface area contributed by atoms with Gasteiger partial charge in [0.15, 0.2) is 0 Å². The molecule has 5 heteroatoms. The van der Waals surface area contributed by atoms with E-state index in [4.69, 9.17) is 0 Å². The highest BCUT2D eigenvalue weighted by Crippen LogP contribution is 2.08. The number of piperazine rings is 1. The van der Waals surface area contributed by atoms with Crippen LogP contribution in [0.2, 0.25) is 0 Å². The van der Waals surface area contributed by atoms with Crippen LogP contribution in [0.25, 0.3) is 0 Å². The SMILES string of the molecule is CC(O)CN1CCN(C(=O)c2cccnc2)CC1. The topological polar surface area (TPSA) is 56.7 Å². The maximum absolute atomic E-state index is 12.1. The lowest BCUT2D eigenvalue weighted by atomic mass is 10.2. The first kappa shape index (κ1) is 13.0. The van der Waals surface area contributed by atoms with Gasteiger partial charge in [-0.2, -0.15) is 0 Å². The Labute approximate surface area is 107 Å². The molecule has 0 aromatic carbocycles. The Balaban J connectivity index is 1.88. The van der Waals surface area contributed by atoms with Crippen LogP contribution in [0.15, 0.2) is 24.5 Å². The number of carbonyl (C=O) groups is 1. The van der Waals surface area contributed by atoms with E-state index in [2.05, 4.69) is 9.88 Å². The average Bonchev–Trinajstić information content (AvgIpc) is 2.39. The van der Waals surface area contributed by atoms with Crippen LogP contribution in [0.3, 0.4) is 0 Å². The Morgan fingerprint density at radius 1 is 1.44 bits per heavy atom. The molecule has 98 valence electrons. The Hall–Kier alpha value is -1.46. The highest BCUT2D eigenvalue weighted by molar-refractivity contribution is 5.93. The monoisotopic (exact) mass is 249 g/mol. The van der Waals surface area contributed by atoms with Gasteiger partial charge in [-0.15, -0.1) is 0 Å². The normalized spacial score (nSPS) is 18.7. The summed E-state index contributed by atoms with van der Waals surface area (Å²) < 4.78 is 0. The number of nitrogens with zero attached hydrogens (tertiary/aromatic N) is 3. The number of hydrogen-bond acceptors (Lipinski definition) is 4. The third-order valence-electron chi connectivity index (χ3n) is 3.09. The molecule has 0 bridgehead atoms. The summed E-state index contributed by atoms with van der Waals surface area (Å²) in [5.41, 5.74) is 0.640. The summed E-state index contributed by atoms with van der Waals surface area (Å²) in [5.74, 6) is 0.0415. The van der Waals surface area contributed by atoms with Crippen molar-refractivity contribution in [1.82, 2.24) is 14.8 Å². The minimum Gasteiger partial charge on any atom is -0.392 e. The minimum absolute atomic E-state index is 0.0415. The zero-order valence-electron chi connectivity index (χ0n) is 10.6. The van der Waals surface area contributed by atoms with Gasteiger partial charge in [0, 0.05) is 45.1 Å². The molecule has 1 amide bonds. The van der Waals surface area contributed by atoms with Crippen molar-refractivity contribution in [3.63, 3.8) is 0 Å². The molecule has 0 spiro atoms. The van der Waals surface area contributed by atoms with Crippen LogP contribution in [0.4, 0.5) is 0 Å². The molecule has 1 aromatic rings. The molecule has 1 aliphatic rings. The van der Waals surface area contributed by atoms with Crippen LogP contribution in [-0.4, -0.2) is 64.6 Å². The number of pyridine rings is 1. The Morgan fingerprint density at radius 3 is 2.72 bits per heavy atom. The van der Waals surface area contributed by atoms with Crippen molar-refractivity contribution in [2.24, 2.45) is 0 Å². The van der Waals surface area contributed by atoms with E-state index in [0.717, 1.165) is 13.1 Å². The first-order valence-electron chi connectivity index (χ1n) is 6.26. The van der Waals surface area contributed by atoms with E-state index in [0.29, 0.717) is 25.2 Å². The van der Waals surface area contributed by atoms with Gasteiger partial charge < -0.3 is 10.0 Å². The van der Waals surface area contributed by atoms with E-state index in [9.17, 15) is 9.90 Å². The smallest absolute Gasteiger partial charge is 0.255 e. The van der Waals surface area contributed by atoms with Gasteiger partial charge in [0.1, 0.15) is 0 Å². The van der Waals surface area contributed by atoms with Gasteiger partial charge in [-0.05, 0) is 19.1 Å². The number of aromatic nitrogens is 1. The summed E-state index contributed by atoms with van der Waals surface area (Å²) in [6.07, 6.45) is 2.95. The summed E-state index contributed by atoms with van der Waals surface area (Å²) in [5, 5.41) is 9.33. The third kappa shape index (κ3) is 3.27. The second-order valence-electron chi connectivity index (χ2n) is 4.68. The van der Waals surface area contributed by atoms with E-state index in [1.54, 1.807) is 31.5 Å². The van der Waals surface area contributed by atoms with E-state index in [1.807, 2.05) is 4.90 Å². The summed E-state index contributed by atoms with van der Waals surface area (Å²) >= 11 is 0. The van der Waals surface area contributed by atoms with Crippen LogP contribution >= 0.6 is 0 Å². The van der Waals surface area contributed by atoms with Gasteiger partial charge >= 0.3 is 0 Å². The minimum atomic E-state index is -0.314. The van der Waals surface area contributed by atoms with Crippen molar-refractivity contribution in [3.05, 3.63) is 30.1 Å². The molecule has 18 heavy (non-hydrogen) atoms. The quantitative estimate of drug-likeness (QED) is 0.832. The third-order valence-corrected chi connectivity index (χ3v) is 3.09. The summed E-state index contributed by atoms with van der Waals surface area (Å²) in [7, 11) is 0. The predicted molar refractivity (Wildman–Crippen MR) is 68.3 cm³/mol. The molecule has 1 fully saturated rings. The van der Waals surface area contributed by atoms with Gasteiger partial charge in [-0.25, -0.2) is 0 Å². The number of amides is 1. The highest BCUT2D eigenvalue weighted by Gasteiger charge is 2.22.